The van der Waals surface area contributed by atoms with Crippen LogP contribution in [-0.2, 0) is 0 Å². The van der Waals surface area contributed by atoms with Gasteiger partial charge in [-0.25, -0.2) is 0 Å². The molecular weight excluding hydrogens is 398 g/mol. The van der Waals surface area contributed by atoms with Crippen molar-refractivity contribution in [3.05, 3.63) is 12.1 Å². The second-order valence-corrected chi connectivity index (χ2v) is 12.8. The Morgan fingerprint density at radius 3 is 1.83 bits per heavy atom. The fraction of sp³-hybridized carbons (Fsp3) is 0.250. The Labute approximate surface area is 101 Å². The number of fused-ring (bicyclic) bond motifs is 1. The average molecular weight is 406 g/mol. The zero-order valence-electron chi connectivity index (χ0n) is 6.97. The summed E-state index contributed by atoms with van der Waals surface area (Å²) in [7, 11) is 0. The molecule has 2 rings (SSSR count). The van der Waals surface area contributed by atoms with Crippen molar-refractivity contribution < 1.29 is 0 Å². The number of thiophene rings is 2. The Balaban J connectivity index is 2.52. The molecular formula is C8H8S2Sn2. The van der Waals surface area contributed by atoms with E-state index >= 15 is 0 Å². The summed E-state index contributed by atoms with van der Waals surface area (Å²) in [6.07, 6.45) is 0. The third-order valence-corrected chi connectivity index (χ3v) is 11.8. The molecule has 4 radical (unpaired) electrons. The van der Waals surface area contributed by atoms with E-state index in [1.807, 2.05) is 0 Å². The topological polar surface area (TPSA) is 0 Å². The summed E-state index contributed by atoms with van der Waals surface area (Å²) in [5.74, 6) is 0. The molecule has 0 aliphatic heterocycles. The Kier molecular flexibility index (Phi) is 3.42. The van der Waals surface area contributed by atoms with Gasteiger partial charge in [0.25, 0.3) is 0 Å². The predicted octanol–water partition coefficient (Wildman–Crippen LogP) is 1.72. The predicted molar refractivity (Wildman–Crippen MR) is 62.2 cm³/mol. The molecule has 0 spiro atoms. The summed E-state index contributed by atoms with van der Waals surface area (Å²) in [5.41, 5.74) is 0. The van der Waals surface area contributed by atoms with Gasteiger partial charge in [0.1, 0.15) is 0 Å². The summed E-state index contributed by atoms with van der Waals surface area (Å²) in [6, 6.07) is 4.86. The number of rotatable bonds is 2. The second-order valence-electron chi connectivity index (χ2n) is 2.46. The van der Waals surface area contributed by atoms with Gasteiger partial charge in [-0.1, -0.05) is 0 Å². The molecule has 2 aromatic rings. The van der Waals surface area contributed by atoms with Crippen LogP contribution in [0.2, 0.25) is 9.88 Å². The molecule has 0 saturated carbocycles. The molecule has 0 fully saturated rings. The van der Waals surface area contributed by atoms with Crippen LogP contribution in [0.5, 0.6) is 0 Å². The van der Waals surface area contributed by atoms with E-state index in [0.717, 1.165) is 0 Å². The molecule has 12 heavy (non-hydrogen) atoms. The average Bonchev–Trinajstić information content (AvgIpc) is 2.59. The third-order valence-electron chi connectivity index (χ3n) is 1.71. The minimum absolute atomic E-state index is 0.166. The second kappa shape index (κ2) is 4.19. The van der Waals surface area contributed by atoms with E-state index in [-0.39, 0.29) is 42.3 Å². The van der Waals surface area contributed by atoms with Gasteiger partial charge in [-0.15, -0.1) is 0 Å². The minimum atomic E-state index is -0.166. The van der Waals surface area contributed by atoms with Crippen LogP contribution < -0.4 is 5.79 Å². The molecule has 0 aliphatic rings. The third kappa shape index (κ3) is 1.86. The molecule has 0 bridgehead atoms. The SMILES string of the molecule is [CH3][Sn][c]1cc2c[c]([Sn][CH3])sc2s1. The quantitative estimate of drug-likeness (QED) is 0.668. The monoisotopic (exact) mass is 408 g/mol. The fourth-order valence-corrected chi connectivity index (χ4v) is 9.71. The summed E-state index contributed by atoms with van der Waals surface area (Å²) in [6.45, 7) is 0. The zero-order valence-corrected chi connectivity index (χ0v) is 14.3. The maximum absolute atomic E-state index is 2.43. The van der Waals surface area contributed by atoms with Crippen LogP contribution in [0.1, 0.15) is 0 Å². The molecule has 0 N–H and O–H groups in total. The van der Waals surface area contributed by atoms with E-state index in [0.29, 0.717) is 0 Å². The van der Waals surface area contributed by atoms with E-state index in [1.54, 1.807) is 15.2 Å². The molecule has 2 aromatic heterocycles. The Morgan fingerprint density at radius 2 is 1.50 bits per heavy atom. The van der Waals surface area contributed by atoms with Gasteiger partial charge in [-0.3, -0.25) is 0 Å². The molecule has 2 heterocycles. The van der Waals surface area contributed by atoms with Crippen molar-refractivity contribution in [1.29, 1.82) is 0 Å². The molecule has 0 atom stereocenters. The van der Waals surface area contributed by atoms with Crippen molar-refractivity contribution in [2.75, 3.05) is 0 Å². The van der Waals surface area contributed by atoms with Gasteiger partial charge in [-0.2, -0.15) is 0 Å². The van der Waals surface area contributed by atoms with Crippen molar-refractivity contribution in [3.63, 3.8) is 0 Å². The van der Waals surface area contributed by atoms with Gasteiger partial charge >= 0.3 is 102 Å². The first-order valence-corrected chi connectivity index (χ1v) is 13.9. The summed E-state index contributed by atoms with van der Waals surface area (Å²) in [4.78, 5) is 4.80. The first-order chi connectivity index (χ1) is 5.83. The van der Waals surface area contributed by atoms with Crippen LogP contribution >= 0.6 is 22.7 Å². The van der Waals surface area contributed by atoms with Gasteiger partial charge in [-0.05, 0) is 0 Å². The van der Waals surface area contributed by atoms with Crippen molar-refractivity contribution in [3.8, 4) is 0 Å². The Hall–Kier alpha value is 1.26. The van der Waals surface area contributed by atoms with Crippen molar-refractivity contribution >= 4 is 80.1 Å². The molecule has 0 nitrogen and oxygen atoms in total. The Bertz CT molecular complexity index is 324. The molecule has 0 aromatic carbocycles. The van der Waals surface area contributed by atoms with Crippen LogP contribution in [-0.4, -0.2) is 42.3 Å². The van der Waals surface area contributed by atoms with Crippen molar-refractivity contribution in [1.82, 2.24) is 0 Å². The van der Waals surface area contributed by atoms with E-state index in [2.05, 4.69) is 44.7 Å². The summed E-state index contributed by atoms with van der Waals surface area (Å²) >= 11 is 3.78. The molecule has 4 heteroatoms. The normalized spacial score (nSPS) is 11.2. The van der Waals surface area contributed by atoms with E-state index in [9.17, 15) is 0 Å². The zero-order chi connectivity index (χ0) is 8.55. The first kappa shape index (κ1) is 9.80. The van der Waals surface area contributed by atoms with Gasteiger partial charge in [0.05, 0.1) is 0 Å². The Morgan fingerprint density at radius 1 is 1.00 bits per heavy atom. The van der Waals surface area contributed by atoms with E-state index in [1.165, 1.54) is 0 Å². The van der Waals surface area contributed by atoms with Crippen LogP contribution in [0.3, 0.4) is 0 Å². The van der Waals surface area contributed by atoms with Crippen LogP contribution in [0.25, 0.3) is 9.40 Å². The van der Waals surface area contributed by atoms with Crippen LogP contribution in [0.15, 0.2) is 12.1 Å². The fourth-order valence-electron chi connectivity index (χ4n) is 1.09. The van der Waals surface area contributed by atoms with Crippen LogP contribution in [0, 0.1) is 0 Å². The molecule has 0 amide bonds. The molecule has 0 aliphatic carbocycles. The summed E-state index contributed by atoms with van der Waals surface area (Å²) < 4.78 is 4.99. The van der Waals surface area contributed by atoms with Crippen molar-refractivity contribution in [2.45, 2.75) is 9.88 Å². The van der Waals surface area contributed by atoms with Crippen molar-refractivity contribution in [2.24, 2.45) is 0 Å². The van der Waals surface area contributed by atoms with E-state index < -0.39 is 0 Å². The molecule has 60 valence electrons. The first-order valence-electron chi connectivity index (χ1n) is 3.72. The maximum atomic E-state index is 2.43. The standard InChI is InChI=1S/C6H2S2.2CH3.2Sn/c1-3-7-6-5(1)2-4-8-6;;;;/h1-2H;2*1H3;;. The van der Waals surface area contributed by atoms with Crippen LogP contribution in [0.4, 0.5) is 0 Å². The molecule has 0 saturated heterocycles. The van der Waals surface area contributed by atoms with E-state index in [4.69, 9.17) is 0 Å². The van der Waals surface area contributed by atoms with Gasteiger partial charge in [0, 0.05) is 0 Å². The number of hydrogen-bond donors (Lipinski definition) is 0. The van der Waals surface area contributed by atoms with Gasteiger partial charge in [0.2, 0.25) is 0 Å². The molecule has 0 unspecified atom stereocenters. The van der Waals surface area contributed by atoms with Gasteiger partial charge in [0.15, 0.2) is 0 Å². The van der Waals surface area contributed by atoms with Gasteiger partial charge < -0.3 is 0 Å². The number of hydrogen-bond acceptors (Lipinski definition) is 2. The summed E-state index contributed by atoms with van der Waals surface area (Å²) in [5, 5.41) is 1.54.